The van der Waals surface area contributed by atoms with Gasteiger partial charge in [-0.05, 0) is 29.0 Å². The summed E-state index contributed by atoms with van der Waals surface area (Å²) in [6.45, 7) is 0. The van der Waals surface area contributed by atoms with Crippen LogP contribution in [0.5, 0.6) is 0 Å². The van der Waals surface area contributed by atoms with Crippen LogP contribution in [0.4, 0.5) is 0 Å². The third kappa shape index (κ3) is 1.48. The van der Waals surface area contributed by atoms with Crippen molar-refractivity contribution < 1.29 is 0 Å². The Morgan fingerprint density at radius 2 is 1.11 bits per heavy atom. The lowest BCUT2D eigenvalue weighted by atomic mass is 10.1. The van der Waals surface area contributed by atoms with E-state index in [1.165, 1.54) is 30.9 Å². The van der Waals surface area contributed by atoms with Gasteiger partial charge in [0.05, 0.1) is 0 Å². The predicted octanol–water partition coefficient (Wildman–Crippen LogP) is 5.49. The molecule has 0 atom stereocenters. The normalized spacial score (nSPS) is 11.3. The Bertz CT molecular complexity index is 734. The Morgan fingerprint density at radius 1 is 0.500 bits per heavy atom. The molecule has 18 heavy (non-hydrogen) atoms. The zero-order chi connectivity index (χ0) is 11.9. The SMILES string of the molecule is c1ccc2cc3[s+]c4ccccc4cc3cc2c1. The van der Waals surface area contributed by atoms with Gasteiger partial charge in [0.1, 0.15) is 0 Å². The molecule has 0 nitrogen and oxygen atoms in total. The molecule has 0 aliphatic carbocycles. The zero-order valence-corrected chi connectivity index (χ0v) is 10.6. The summed E-state index contributed by atoms with van der Waals surface area (Å²) in [4.78, 5) is 0. The number of benzene rings is 3. The molecule has 0 aliphatic rings. The first kappa shape index (κ1) is 9.98. The molecule has 0 bridgehead atoms. The summed E-state index contributed by atoms with van der Waals surface area (Å²) in [5.74, 6) is 0. The van der Waals surface area contributed by atoms with Crippen molar-refractivity contribution in [3.8, 4) is 0 Å². The average Bonchev–Trinajstić information content (AvgIpc) is 2.42. The highest BCUT2D eigenvalue weighted by molar-refractivity contribution is 7.24. The van der Waals surface area contributed by atoms with Gasteiger partial charge in [-0.2, -0.15) is 0 Å². The standard InChI is InChI=1S/C17H11S/c1-2-6-13-11-17-15(9-12(13)5-1)10-14-7-3-4-8-16(14)18-17/h1-11H/q+1. The first-order valence-electron chi connectivity index (χ1n) is 6.04. The van der Waals surface area contributed by atoms with Crippen LogP contribution in [0.15, 0.2) is 66.7 Å². The van der Waals surface area contributed by atoms with E-state index < -0.39 is 0 Å². The van der Waals surface area contributed by atoms with E-state index in [1.54, 1.807) is 0 Å². The summed E-state index contributed by atoms with van der Waals surface area (Å²) in [5.41, 5.74) is 0. The molecule has 4 rings (SSSR count). The van der Waals surface area contributed by atoms with Crippen molar-refractivity contribution in [3.05, 3.63) is 66.7 Å². The number of rotatable bonds is 0. The molecule has 0 fully saturated rings. The van der Waals surface area contributed by atoms with Crippen molar-refractivity contribution in [1.29, 1.82) is 0 Å². The van der Waals surface area contributed by atoms with Crippen LogP contribution in [0.1, 0.15) is 0 Å². The Hall–Kier alpha value is -1.99. The lowest BCUT2D eigenvalue weighted by molar-refractivity contribution is 1.80. The molecule has 84 valence electrons. The summed E-state index contributed by atoms with van der Waals surface area (Å²) < 4.78 is 2.70. The minimum Gasteiger partial charge on any atom is -0.0616 e. The van der Waals surface area contributed by atoms with Crippen LogP contribution in [0.25, 0.3) is 30.9 Å². The van der Waals surface area contributed by atoms with Gasteiger partial charge >= 0.3 is 0 Å². The second-order valence-corrected chi connectivity index (χ2v) is 5.61. The largest absolute Gasteiger partial charge is 0.239 e. The lowest BCUT2D eigenvalue weighted by Crippen LogP contribution is -1.75. The number of fused-ring (bicyclic) bond motifs is 3. The maximum Gasteiger partial charge on any atom is 0.239 e. The third-order valence-corrected chi connectivity index (χ3v) is 4.49. The first-order chi connectivity index (χ1) is 8.90. The second kappa shape index (κ2) is 3.76. The van der Waals surface area contributed by atoms with Crippen LogP contribution in [0, 0.1) is 0 Å². The van der Waals surface area contributed by atoms with Gasteiger partial charge < -0.3 is 0 Å². The molecule has 0 saturated carbocycles. The molecular formula is C17H11S+. The molecule has 0 saturated heterocycles. The van der Waals surface area contributed by atoms with Crippen LogP contribution in [-0.4, -0.2) is 0 Å². The molecule has 1 heterocycles. The summed E-state index contributed by atoms with van der Waals surface area (Å²) in [6.07, 6.45) is 0. The summed E-state index contributed by atoms with van der Waals surface area (Å²) in [5, 5.41) is 5.28. The molecule has 0 N–H and O–H groups in total. The van der Waals surface area contributed by atoms with Crippen molar-refractivity contribution in [2.24, 2.45) is 0 Å². The van der Waals surface area contributed by atoms with Crippen molar-refractivity contribution in [3.63, 3.8) is 0 Å². The van der Waals surface area contributed by atoms with Crippen molar-refractivity contribution in [2.75, 3.05) is 0 Å². The predicted molar refractivity (Wildman–Crippen MR) is 81.2 cm³/mol. The van der Waals surface area contributed by atoms with E-state index in [1.807, 2.05) is 11.3 Å². The second-order valence-electron chi connectivity index (χ2n) is 4.52. The van der Waals surface area contributed by atoms with Gasteiger partial charge in [0, 0.05) is 22.9 Å². The van der Waals surface area contributed by atoms with E-state index in [0.29, 0.717) is 0 Å². The smallest absolute Gasteiger partial charge is 0.0616 e. The highest BCUT2D eigenvalue weighted by Crippen LogP contribution is 2.31. The quantitative estimate of drug-likeness (QED) is 0.285. The molecule has 3 aromatic carbocycles. The molecule has 0 unspecified atom stereocenters. The van der Waals surface area contributed by atoms with Crippen LogP contribution < -0.4 is 0 Å². The van der Waals surface area contributed by atoms with Crippen LogP contribution >= 0.6 is 11.3 Å². The molecule has 0 amide bonds. The Morgan fingerprint density at radius 3 is 1.94 bits per heavy atom. The third-order valence-electron chi connectivity index (χ3n) is 3.33. The zero-order valence-electron chi connectivity index (χ0n) is 9.76. The summed E-state index contributed by atoms with van der Waals surface area (Å²) in [6, 6.07) is 24.0. The molecular weight excluding hydrogens is 236 g/mol. The Balaban J connectivity index is 2.20. The topological polar surface area (TPSA) is 0 Å². The minimum absolute atomic E-state index is 1.31. The Labute approximate surface area is 109 Å². The minimum atomic E-state index is 1.31. The van der Waals surface area contributed by atoms with E-state index in [9.17, 15) is 0 Å². The Kier molecular flexibility index (Phi) is 2.08. The van der Waals surface area contributed by atoms with Gasteiger partial charge in [-0.15, -0.1) is 0 Å². The summed E-state index contributed by atoms with van der Waals surface area (Å²) in [7, 11) is 0. The van der Waals surface area contributed by atoms with E-state index in [2.05, 4.69) is 66.7 Å². The van der Waals surface area contributed by atoms with E-state index in [0.717, 1.165) is 0 Å². The van der Waals surface area contributed by atoms with Gasteiger partial charge in [0.2, 0.25) is 20.7 Å². The van der Waals surface area contributed by atoms with Crippen molar-refractivity contribution in [2.45, 2.75) is 0 Å². The van der Waals surface area contributed by atoms with Gasteiger partial charge in [-0.3, -0.25) is 0 Å². The maximum absolute atomic E-state index is 2.29. The molecule has 1 heteroatoms. The highest BCUT2D eigenvalue weighted by atomic mass is 32.1. The van der Waals surface area contributed by atoms with Gasteiger partial charge in [0.15, 0.2) is 0 Å². The first-order valence-corrected chi connectivity index (χ1v) is 6.86. The van der Waals surface area contributed by atoms with Gasteiger partial charge in [0.25, 0.3) is 0 Å². The fourth-order valence-corrected chi connectivity index (χ4v) is 3.47. The molecule has 4 aromatic rings. The molecule has 0 radical (unpaired) electrons. The summed E-state index contributed by atoms with van der Waals surface area (Å²) >= 11 is 1.87. The maximum atomic E-state index is 2.29. The average molecular weight is 247 g/mol. The molecule has 1 aromatic heterocycles. The lowest BCUT2D eigenvalue weighted by Gasteiger charge is -1.97. The van der Waals surface area contributed by atoms with Crippen molar-refractivity contribution >= 4 is 42.3 Å². The van der Waals surface area contributed by atoms with Gasteiger partial charge in [-0.25, -0.2) is 0 Å². The molecule has 0 aliphatic heterocycles. The van der Waals surface area contributed by atoms with Crippen LogP contribution in [0.2, 0.25) is 0 Å². The monoisotopic (exact) mass is 247 g/mol. The fourth-order valence-electron chi connectivity index (χ4n) is 2.42. The van der Waals surface area contributed by atoms with E-state index >= 15 is 0 Å². The fraction of sp³-hybridized carbons (Fsp3) is 0. The van der Waals surface area contributed by atoms with Crippen molar-refractivity contribution in [1.82, 2.24) is 0 Å². The molecule has 0 spiro atoms. The number of hydrogen-bond acceptors (Lipinski definition) is 0. The highest BCUT2D eigenvalue weighted by Gasteiger charge is 2.10. The van der Waals surface area contributed by atoms with Gasteiger partial charge in [-0.1, -0.05) is 36.4 Å². The van der Waals surface area contributed by atoms with Crippen LogP contribution in [0.3, 0.4) is 0 Å². The van der Waals surface area contributed by atoms with E-state index in [-0.39, 0.29) is 0 Å². The van der Waals surface area contributed by atoms with Crippen LogP contribution in [-0.2, 0) is 0 Å². The van der Waals surface area contributed by atoms with E-state index in [4.69, 9.17) is 0 Å². The number of hydrogen-bond donors (Lipinski definition) is 0.